The van der Waals surface area contributed by atoms with Crippen molar-refractivity contribution < 1.29 is 4.79 Å². The first-order valence-corrected chi connectivity index (χ1v) is 7.53. The Hall–Kier alpha value is -1.94. The number of rotatable bonds is 3. The average Bonchev–Trinajstić information content (AvgIpc) is 3.21. The quantitative estimate of drug-likeness (QED) is 0.850. The highest BCUT2D eigenvalue weighted by Crippen LogP contribution is 2.41. The van der Waals surface area contributed by atoms with Crippen molar-refractivity contribution in [2.24, 2.45) is 0 Å². The Morgan fingerprint density at radius 1 is 1.29 bits per heavy atom. The van der Waals surface area contributed by atoms with E-state index in [1.54, 1.807) is 18.3 Å². The molecule has 1 heterocycles. The third-order valence-electron chi connectivity index (χ3n) is 4.13. The van der Waals surface area contributed by atoms with Crippen LogP contribution in [-0.2, 0) is 0 Å². The minimum atomic E-state index is -0.0896. The van der Waals surface area contributed by atoms with Crippen LogP contribution in [0.5, 0.6) is 0 Å². The van der Waals surface area contributed by atoms with Crippen LogP contribution in [0.3, 0.4) is 0 Å². The molecule has 3 rings (SSSR count). The molecule has 1 amide bonds. The lowest BCUT2D eigenvalue weighted by Crippen LogP contribution is -2.27. The fourth-order valence-corrected chi connectivity index (χ4v) is 2.79. The number of benzene rings is 1. The fraction of sp³-hybridized carbons (Fsp3) is 0.294. The Labute approximate surface area is 129 Å². The van der Waals surface area contributed by atoms with E-state index in [-0.39, 0.29) is 11.9 Å². The van der Waals surface area contributed by atoms with Crippen molar-refractivity contribution in [3.05, 3.63) is 63.4 Å². The number of H-pyrrole nitrogens is 1. The predicted octanol–water partition coefficient (Wildman–Crippen LogP) is 3.65. The molecule has 1 aromatic heterocycles. The van der Waals surface area contributed by atoms with Crippen molar-refractivity contribution in [2.75, 3.05) is 0 Å². The van der Waals surface area contributed by atoms with E-state index < -0.39 is 0 Å². The maximum Gasteiger partial charge on any atom is 0.254 e. The zero-order valence-corrected chi connectivity index (χ0v) is 13.0. The van der Waals surface area contributed by atoms with Gasteiger partial charge in [0.2, 0.25) is 0 Å². The third kappa shape index (κ3) is 2.90. The van der Waals surface area contributed by atoms with Gasteiger partial charge in [-0.15, -0.1) is 0 Å². The molecule has 4 heteroatoms. The SMILES string of the molecule is Cc1ccc([C@@H]2C[C@H]2NC(=O)c2ccc[nH]c2=S)cc1C. The van der Waals surface area contributed by atoms with Gasteiger partial charge in [0.15, 0.2) is 0 Å². The van der Waals surface area contributed by atoms with Crippen LogP contribution in [-0.4, -0.2) is 16.9 Å². The van der Waals surface area contributed by atoms with Crippen molar-refractivity contribution >= 4 is 18.1 Å². The van der Waals surface area contributed by atoms with Gasteiger partial charge in [-0.2, -0.15) is 0 Å². The first-order valence-electron chi connectivity index (χ1n) is 7.12. The molecule has 108 valence electrons. The number of amides is 1. The van der Waals surface area contributed by atoms with E-state index in [4.69, 9.17) is 12.2 Å². The molecule has 1 aliphatic rings. The molecule has 2 atom stereocenters. The highest BCUT2D eigenvalue weighted by atomic mass is 32.1. The molecular formula is C17H18N2OS. The highest BCUT2D eigenvalue weighted by molar-refractivity contribution is 7.71. The minimum absolute atomic E-state index is 0.0896. The summed E-state index contributed by atoms with van der Waals surface area (Å²) in [5.41, 5.74) is 4.45. The van der Waals surface area contributed by atoms with Crippen LogP contribution in [0.25, 0.3) is 0 Å². The summed E-state index contributed by atoms with van der Waals surface area (Å²) in [5, 5.41) is 3.07. The molecule has 2 N–H and O–H groups in total. The van der Waals surface area contributed by atoms with Gasteiger partial charge in [0.25, 0.3) is 5.91 Å². The molecule has 0 spiro atoms. The van der Waals surface area contributed by atoms with E-state index in [1.165, 1.54) is 16.7 Å². The van der Waals surface area contributed by atoms with Gasteiger partial charge in [-0.1, -0.05) is 30.4 Å². The molecule has 1 aliphatic carbocycles. The second kappa shape index (κ2) is 5.45. The fourth-order valence-electron chi connectivity index (χ4n) is 2.56. The van der Waals surface area contributed by atoms with Gasteiger partial charge in [-0.3, -0.25) is 4.79 Å². The molecule has 3 nitrogen and oxygen atoms in total. The van der Waals surface area contributed by atoms with E-state index in [0.29, 0.717) is 16.1 Å². The summed E-state index contributed by atoms with van der Waals surface area (Å²) < 4.78 is 0.485. The first kappa shape index (κ1) is 14.0. The lowest BCUT2D eigenvalue weighted by Gasteiger charge is -2.07. The van der Waals surface area contributed by atoms with E-state index in [9.17, 15) is 4.79 Å². The Morgan fingerprint density at radius 3 is 2.81 bits per heavy atom. The number of pyridine rings is 1. The summed E-state index contributed by atoms with van der Waals surface area (Å²) in [4.78, 5) is 15.1. The smallest absolute Gasteiger partial charge is 0.254 e. The Balaban J connectivity index is 1.69. The van der Waals surface area contributed by atoms with Gasteiger partial charge < -0.3 is 10.3 Å². The Kier molecular flexibility index (Phi) is 3.64. The highest BCUT2D eigenvalue weighted by Gasteiger charge is 2.39. The standard InChI is InChI=1S/C17H18N2OS/c1-10-5-6-12(8-11(10)2)14-9-15(14)19-16(20)13-4-3-7-18-17(13)21/h3-8,14-15H,9H2,1-2H3,(H,18,21)(H,19,20)/t14-,15+/m0/s1. The topological polar surface area (TPSA) is 44.9 Å². The van der Waals surface area contributed by atoms with Crippen molar-refractivity contribution in [3.8, 4) is 0 Å². The average molecular weight is 298 g/mol. The lowest BCUT2D eigenvalue weighted by atomic mass is 10.0. The molecule has 0 unspecified atom stereocenters. The van der Waals surface area contributed by atoms with Gasteiger partial charge >= 0.3 is 0 Å². The zero-order chi connectivity index (χ0) is 15.0. The largest absolute Gasteiger partial charge is 0.352 e. The number of aryl methyl sites for hydroxylation is 2. The summed E-state index contributed by atoms with van der Waals surface area (Å²) in [6.07, 6.45) is 2.73. The summed E-state index contributed by atoms with van der Waals surface area (Å²) >= 11 is 5.14. The zero-order valence-electron chi connectivity index (χ0n) is 12.1. The molecule has 0 saturated heterocycles. The van der Waals surface area contributed by atoms with E-state index in [0.717, 1.165) is 6.42 Å². The maximum atomic E-state index is 12.2. The van der Waals surface area contributed by atoms with Crippen molar-refractivity contribution in [3.63, 3.8) is 0 Å². The number of carbonyl (C=O) groups is 1. The Bertz CT molecular complexity index is 750. The molecule has 1 saturated carbocycles. The van der Waals surface area contributed by atoms with Gasteiger partial charge in [-0.05, 0) is 49.1 Å². The van der Waals surface area contributed by atoms with Crippen LogP contribution in [0.2, 0.25) is 0 Å². The van der Waals surface area contributed by atoms with Crippen molar-refractivity contribution in [1.29, 1.82) is 0 Å². The van der Waals surface area contributed by atoms with E-state index in [1.807, 2.05) is 0 Å². The number of aromatic amines is 1. The third-order valence-corrected chi connectivity index (χ3v) is 4.47. The molecule has 0 bridgehead atoms. The van der Waals surface area contributed by atoms with Crippen LogP contribution < -0.4 is 5.32 Å². The summed E-state index contributed by atoms with van der Waals surface area (Å²) in [6, 6.07) is 10.3. The van der Waals surface area contributed by atoms with Gasteiger partial charge in [0, 0.05) is 18.2 Å². The van der Waals surface area contributed by atoms with Crippen LogP contribution in [0, 0.1) is 18.5 Å². The second-order valence-electron chi connectivity index (χ2n) is 5.68. The normalized spacial score (nSPS) is 20.1. The van der Waals surface area contributed by atoms with Crippen molar-refractivity contribution in [2.45, 2.75) is 32.2 Å². The van der Waals surface area contributed by atoms with Gasteiger partial charge in [-0.25, -0.2) is 0 Å². The number of nitrogens with one attached hydrogen (secondary N) is 2. The summed E-state index contributed by atoms with van der Waals surface area (Å²) in [7, 11) is 0. The van der Waals surface area contributed by atoms with Gasteiger partial charge in [0.1, 0.15) is 4.64 Å². The molecule has 1 fully saturated rings. The molecule has 0 aliphatic heterocycles. The summed E-state index contributed by atoms with van der Waals surface area (Å²) in [6.45, 7) is 4.24. The number of hydrogen-bond acceptors (Lipinski definition) is 2. The van der Waals surface area contributed by atoms with Crippen LogP contribution in [0.4, 0.5) is 0 Å². The van der Waals surface area contributed by atoms with E-state index >= 15 is 0 Å². The molecule has 1 aromatic carbocycles. The minimum Gasteiger partial charge on any atom is -0.352 e. The van der Waals surface area contributed by atoms with Crippen LogP contribution in [0.1, 0.15) is 39.4 Å². The monoisotopic (exact) mass is 298 g/mol. The molecule has 21 heavy (non-hydrogen) atoms. The maximum absolute atomic E-state index is 12.2. The van der Waals surface area contributed by atoms with Gasteiger partial charge in [0.05, 0.1) is 5.56 Å². The predicted molar refractivity (Wildman–Crippen MR) is 86.2 cm³/mol. The van der Waals surface area contributed by atoms with Crippen molar-refractivity contribution in [1.82, 2.24) is 10.3 Å². The molecular weight excluding hydrogens is 280 g/mol. The number of carbonyl (C=O) groups excluding carboxylic acids is 1. The van der Waals surface area contributed by atoms with Crippen LogP contribution >= 0.6 is 12.2 Å². The number of aromatic nitrogens is 1. The first-order chi connectivity index (χ1) is 10.1. The summed E-state index contributed by atoms with van der Waals surface area (Å²) in [5.74, 6) is 0.336. The van der Waals surface area contributed by atoms with E-state index in [2.05, 4.69) is 42.3 Å². The second-order valence-corrected chi connectivity index (χ2v) is 6.09. The molecule has 2 aromatic rings. The Morgan fingerprint density at radius 2 is 2.10 bits per heavy atom. The van der Waals surface area contributed by atoms with Crippen LogP contribution in [0.15, 0.2) is 36.5 Å². The molecule has 0 radical (unpaired) electrons. The number of hydrogen-bond donors (Lipinski definition) is 2. The lowest BCUT2D eigenvalue weighted by molar-refractivity contribution is 0.0949.